The lowest BCUT2D eigenvalue weighted by Gasteiger charge is -2.26. The first-order valence-electron chi connectivity index (χ1n) is 7.53. The molecule has 1 N–H and O–H groups in total. The average molecular weight is 261 g/mol. The highest BCUT2D eigenvalue weighted by Crippen LogP contribution is 2.33. The van der Waals surface area contributed by atoms with Gasteiger partial charge in [-0.1, -0.05) is 32.4 Å². The zero-order chi connectivity index (χ0) is 13.8. The van der Waals surface area contributed by atoms with E-state index in [1.165, 1.54) is 36.0 Å². The van der Waals surface area contributed by atoms with Crippen molar-refractivity contribution in [1.82, 2.24) is 5.32 Å². The van der Waals surface area contributed by atoms with Crippen LogP contribution in [0, 0.1) is 6.92 Å². The van der Waals surface area contributed by atoms with Crippen LogP contribution in [-0.4, -0.2) is 19.7 Å². The second kappa shape index (κ2) is 6.42. The van der Waals surface area contributed by atoms with E-state index < -0.39 is 0 Å². The van der Waals surface area contributed by atoms with E-state index in [0.29, 0.717) is 12.0 Å². The van der Waals surface area contributed by atoms with Gasteiger partial charge in [-0.25, -0.2) is 0 Å². The van der Waals surface area contributed by atoms with Gasteiger partial charge < -0.3 is 10.1 Å². The Bertz CT molecular complexity index is 420. The Balaban J connectivity index is 2.28. The van der Waals surface area contributed by atoms with Gasteiger partial charge in [0.05, 0.1) is 7.11 Å². The van der Waals surface area contributed by atoms with Crippen molar-refractivity contribution >= 4 is 0 Å². The van der Waals surface area contributed by atoms with Crippen molar-refractivity contribution in [2.75, 3.05) is 13.7 Å². The van der Waals surface area contributed by atoms with Gasteiger partial charge in [0.2, 0.25) is 0 Å². The summed E-state index contributed by atoms with van der Waals surface area (Å²) in [4.78, 5) is 0. The van der Waals surface area contributed by atoms with Gasteiger partial charge in [-0.2, -0.15) is 0 Å². The molecule has 1 atom stereocenters. The predicted molar refractivity (Wildman–Crippen MR) is 81.2 cm³/mol. The highest BCUT2D eigenvalue weighted by Gasteiger charge is 2.19. The van der Waals surface area contributed by atoms with E-state index in [1.54, 1.807) is 7.11 Å². The molecule has 1 heterocycles. The molecule has 1 aliphatic rings. The molecule has 0 aliphatic carbocycles. The van der Waals surface area contributed by atoms with Crippen molar-refractivity contribution in [2.45, 2.75) is 58.4 Å². The van der Waals surface area contributed by atoms with Crippen LogP contribution in [0.25, 0.3) is 0 Å². The van der Waals surface area contributed by atoms with Crippen LogP contribution < -0.4 is 10.1 Å². The van der Waals surface area contributed by atoms with Crippen molar-refractivity contribution < 1.29 is 4.74 Å². The van der Waals surface area contributed by atoms with Gasteiger partial charge in [0.1, 0.15) is 5.75 Å². The minimum absolute atomic E-state index is 0.508. The molecule has 106 valence electrons. The van der Waals surface area contributed by atoms with Crippen LogP contribution in [0.1, 0.15) is 55.7 Å². The zero-order valence-corrected chi connectivity index (χ0v) is 12.8. The number of nitrogens with one attached hydrogen (secondary N) is 1. The third-order valence-electron chi connectivity index (χ3n) is 4.21. The predicted octanol–water partition coefficient (Wildman–Crippen LogP) is 3.81. The van der Waals surface area contributed by atoms with E-state index in [-0.39, 0.29) is 0 Å². The van der Waals surface area contributed by atoms with Gasteiger partial charge in [-0.05, 0) is 55.3 Å². The standard InChI is InChI=1S/C17H27NO/c1-12(2)15-9-8-13(3)16(17(15)19-4)11-14-7-5-6-10-18-14/h8-9,12,14,18H,5-7,10-11H2,1-4H3. The van der Waals surface area contributed by atoms with E-state index in [9.17, 15) is 0 Å². The van der Waals surface area contributed by atoms with E-state index >= 15 is 0 Å². The molecule has 1 saturated heterocycles. The number of hydrogen-bond acceptors (Lipinski definition) is 2. The summed E-state index contributed by atoms with van der Waals surface area (Å²) >= 11 is 0. The summed E-state index contributed by atoms with van der Waals surface area (Å²) in [5.74, 6) is 1.62. The van der Waals surface area contributed by atoms with E-state index in [0.717, 1.165) is 18.7 Å². The maximum atomic E-state index is 5.73. The molecule has 1 fully saturated rings. The van der Waals surface area contributed by atoms with Crippen LogP contribution in [0.4, 0.5) is 0 Å². The Morgan fingerprint density at radius 1 is 1.32 bits per heavy atom. The summed E-state index contributed by atoms with van der Waals surface area (Å²) in [6.45, 7) is 7.83. The number of ether oxygens (including phenoxy) is 1. The Hall–Kier alpha value is -1.02. The lowest BCUT2D eigenvalue weighted by molar-refractivity contribution is 0.377. The molecule has 0 spiro atoms. The third kappa shape index (κ3) is 3.30. The molecule has 1 unspecified atom stereocenters. The van der Waals surface area contributed by atoms with Gasteiger partial charge in [0, 0.05) is 6.04 Å². The van der Waals surface area contributed by atoms with Crippen LogP contribution in [0.3, 0.4) is 0 Å². The number of rotatable bonds is 4. The SMILES string of the molecule is COc1c(C(C)C)ccc(C)c1CC1CCCCN1. The second-order valence-electron chi connectivity index (χ2n) is 5.99. The van der Waals surface area contributed by atoms with Gasteiger partial charge in [-0.15, -0.1) is 0 Å². The molecule has 2 rings (SSSR count). The Labute approximate surface area is 117 Å². The normalized spacial score (nSPS) is 19.7. The summed E-state index contributed by atoms with van der Waals surface area (Å²) in [5, 5.41) is 3.64. The molecular weight excluding hydrogens is 234 g/mol. The molecule has 1 aromatic rings. The minimum atomic E-state index is 0.508. The quantitative estimate of drug-likeness (QED) is 0.890. The maximum absolute atomic E-state index is 5.73. The Morgan fingerprint density at radius 2 is 2.11 bits per heavy atom. The van der Waals surface area contributed by atoms with E-state index in [4.69, 9.17) is 4.74 Å². The van der Waals surface area contributed by atoms with Gasteiger partial charge in [0.15, 0.2) is 0 Å². The fourth-order valence-electron chi connectivity index (χ4n) is 3.04. The Morgan fingerprint density at radius 3 is 2.68 bits per heavy atom. The number of methoxy groups -OCH3 is 1. The molecule has 0 bridgehead atoms. The van der Waals surface area contributed by atoms with Crippen LogP contribution >= 0.6 is 0 Å². The van der Waals surface area contributed by atoms with Crippen molar-refractivity contribution in [1.29, 1.82) is 0 Å². The molecule has 1 aliphatic heterocycles. The topological polar surface area (TPSA) is 21.3 Å². The molecule has 2 nitrogen and oxygen atoms in total. The first kappa shape index (κ1) is 14.4. The molecule has 0 amide bonds. The third-order valence-corrected chi connectivity index (χ3v) is 4.21. The highest BCUT2D eigenvalue weighted by atomic mass is 16.5. The van der Waals surface area contributed by atoms with Crippen molar-refractivity contribution in [3.05, 3.63) is 28.8 Å². The Kier molecular flexibility index (Phi) is 4.87. The molecule has 0 saturated carbocycles. The van der Waals surface area contributed by atoms with E-state index in [2.05, 4.69) is 38.2 Å². The molecule has 0 radical (unpaired) electrons. The first-order valence-corrected chi connectivity index (χ1v) is 7.53. The van der Waals surface area contributed by atoms with Crippen LogP contribution in [0.2, 0.25) is 0 Å². The minimum Gasteiger partial charge on any atom is -0.496 e. The largest absolute Gasteiger partial charge is 0.496 e. The second-order valence-corrected chi connectivity index (χ2v) is 5.99. The average Bonchev–Trinajstić information content (AvgIpc) is 2.41. The zero-order valence-electron chi connectivity index (χ0n) is 12.8. The number of benzene rings is 1. The van der Waals surface area contributed by atoms with Gasteiger partial charge in [0.25, 0.3) is 0 Å². The van der Waals surface area contributed by atoms with Crippen LogP contribution in [0.15, 0.2) is 12.1 Å². The van der Waals surface area contributed by atoms with Gasteiger partial charge >= 0.3 is 0 Å². The van der Waals surface area contributed by atoms with Crippen molar-refractivity contribution in [3.8, 4) is 5.75 Å². The fourth-order valence-corrected chi connectivity index (χ4v) is 3.04. The van der Waals surface area contributed by atoms with E-state index in [1.807, 2.05) is 0 Å². The fraction of sp³-hybridized carbons (Fsp3) is 0.647. The smallest absolute Gasteiger partial charge is 0.125 e. The van der Waals surface area contributed by atoms with Crippen LogP contribution in [0.5, 0.6) is 5.75 Å². The maximum Gasteiger partial charge on any atom is 0.125 e. The summed E-state index contributed by atoms with van der Waals surface area (Å²) in [6, 6.07) is 5.08. The van der Waals surface area contributed by atoms with Crippen molar-refractivity contribution in [2.24, 2.45) is 0 Å². The molecule has 1 aromatic carbocycles. The number of piperidine rings is 1. The lowest BCUT2D eigenvalue weighted by atomic mass is 9.90. The molecule has 19 heavy (non-hydrogen) atoms. The highest BCUT2D eigenvalue weighted by molar-refractivity contribution is 5.48. The summed E-state index contributed by atoms with van der Waals surface area (Å²) < 4.78 is 5.73. The first-order chi connectivity index (χ1) is 9.13. The molecule has 2 heteroatoms. The monoisotopic (exact) mass is 261 g/mol. The summed E-state index contributed by atoms with van der Waals surface area (Å²) in [7, 11) is 1.80. The molecule has 0 aromatic heterocycles. The van der Waals surface area contributed by atoms with Gasteiger partial charge in [-0.3, -0.25) is 0 Å². The summed E-state index contributed by atoms with van der Waals surface area (Å²) in [5.41, 5.74) is 4.08. The lowest BCUT2D eigenvalue weighted by Crippen LogP contribution is -2.35. The van der Waals surface area contributed by atoms with Crippen molar-refractivity contribution in [3.63, 3.8) is 0 Å². The number of aryl methyl sites for hydroxylation is 1. The molecular formula is C17H27NO. The summed E-state index contributed by atoms with van der Waals surface area (Å²) in [6.07, 6.45) is 5.05. The van der Waals surface area contributed by atoms with Crippen LogP contribution in [-0.2, 0) is 6.42 Å². The number of hydrogen-bond donors (Lipinski definition) is 1.